The molecule has 3 saturated heterocycles. The molecule has 0 aliphatic carbocycles. The molecule has 3 fully saturated rings. The van der Waals surface area contributed by atoms with E-state index in [1.165, 1.54) is 11.1 Å². The number of ketones is 1. The SMILES string of the molecule is O=C1CCC(N2Cc3cc(OCCN4CCN(c5ccc(-c6cnc7[nH]cc(C(=O)c8c(F)ccc(NS(=O)(=O)N9CC[C@@H](F)C9)c8F)c7c6)cc5)CC4)ccc3C2=O)C(=O)N1. The summed E-state index contributed by atoms with van der Waals surface area (Å²) in [7, 11) is -4.36. The molecule has 3 N–H and O–H groups in total. The van der Waals surface area contributed by atoms with Crippen molar-refractivity contribution < 1.29 is 45.5 Å². The van der Waals surface area contributed by atoms with Gasteiger partial charge in [-0.25, -0.2) is 18.2 Å². The number of aromatic amines is 1. The number of halogens is 3. The number of nitrogens with one attached hydrogen (secondary N) is 3. The average molecular weight is 871 g/mol. The zero-order valence-corrected chi connectivity index (χ0v) is 34.0. The molecule has 3 amide bonds. The Labute approximate surface area is 354 Å². The van der Waals surface area contributed by atoms with Crippen molar-refractivity contribution in [3.8, 4) is 16.9 Å². The molecule has 6 heterocycles. The molecule has 2 atom stereocenters. The van der Waals surface area contributed by atoms with Crippen LogP contribution in [-0.2, 0) is 26.3 Å². The van der Waals surface area contributed by atoms with Crippen LogP contribution in [0.25, 0.3) is 22.2 Å². The van der Waals surface area contributed by atoms with Gasteiger partial charge in [0.05, 0.1) is 11.3 Å². The van der Waals surface area contributed by atoms with Crippen LogP contribution in [0.4, 0.5) is 24.5 Å². The predicted octanol–water partition coefficient (Wildman–Crippen LogP) is 4.40. The number of amides is 3. The topological polar surface area (TPSA) is 177 Å². The summed E-state index contributed by atoms with van der Waals surface area (Å²) in [4.78, 5) is 64.1. The zero-order chi connectivity index (χ0) is 43.3. The fourth-order valence-corrected chi connectivity index (χ4v) is 9.73. The number of alkyl halides is 1. The molecule has 62 heavy (non-hydrogen) atoms. The van der Waals surface area contributed by atoms with Crippen molar-refractivity contribution >= 4 is 56.1 Å². The van der Waals surface area contributed by atoms with Crippen molar-refractivity contribution in [2.24, 2.45) is 0 Å². The molecule has 322 valence electrons. The Kier molecular flexibility index (Phi) is 10.9. The smallest absolute Gasteiger partial charge is 0.301 e. The van der Waals surface area contributed by atoms with Crippen molar-refractivity contribution in [2.75, 3.05) is 62.0 Å². The van der Waals surface area contributed by atoms with Crippen molar-refractivity contribution in [1.82, 2.24) is 29.4 Å². The first kappa shape index (κ1) is 41.1. The summed E-state index contributed by atoms with van der Waals surface area (Å²) < 4.78 is 79.0. The Morgan fingerprint density at radius 1 is 0.935 bits per heavy atom. The minimum Gasteiger partial charge on any atom is -0.492 e. The Balaban J connectivity index is 0.799. The summed E-state index contributed by atoms with van der Waals surface area (Å²) in [5.41, 5.74) is 2.46. The van der Waals surface area contributed by atoms with Crippen LogP contribution in [0.5, 0.6) is 5.75 Å². The fourth-order valence-electron chi connectivity index (χ4n) is 8.46. The van der Waals surface area contributed by atoms with Gasteiger partial charge >= 0.3 is 10.2 Å². The molecule has 4 aliphatic heterocycles. The van der Waals surface area contributed by atoms with Gasteiger partial charge < -0.3 is 19.5 Å². The van der Waals surface area contributed by atoms with E-state index in [0.29, 0.717) is 47.5 Å². The number of carbonyl (C=O) groups excluding carboxylic acids is 4. The first-order chi connectivity index (χ1) is 29.8. The molecule has 0 radical (unpaired) electrons. The highest BCUT2D eigenvalue weighted by atomic mass is 32.2. The molecule has 0 saturated carbocycles. The number of ether oxygens (including phenoxy) is 1. The molecule has 0 bridgehead atoms. The minimum absolute atomic E-state index is 0.00210. The zero-order valence-electron chi connectivity index (χ0n) is 33.2. The van der Waals surface area contributed by atoms with E-state index in [0.717, 1.165) is 59.4 Å². The first-order valence-corrected chi connectivity index (χ1v) is 21.7. The van der Waals surface area contributed by atoms with Crippen molar-refractivity contribution in [1.29, 1.82) is 0 Å². The number of fused-ring (bicyclic) bond motifs is 2. The molecular formula is C43H41F3N8O7S. The second-order valence-electron chi connectivity index (χ2n) is 15.7. The van der Waals surface area contributed by atoms with Crippen molar-refractivity contribution in [3.05, 3.63) is 107 Å². The van der Waals surface area contributed by atoms with Crippen molar-refractivity contribution in [2.45, 2.75) is 38.0 Å². The van der Waals surface area contributed by atoms with Gasteiger partial charge in [-0.15, -0.1) is 0 Å². The Bertz CT molecular complexity index is 2730. The Morgan fingerprint density at radius 3 is 2.47 bits per heavy atom. The van der Waals surface area contributed by atoms with Crippen LogP contribution >= 0.6 is 0 Å². The third-order valence-corrected chi connectivity index (χ3v) is 13.4. The quantitative estimate of drug-likeness (QED) is 0.120. The molecule has 2 aromatic heterocycles. The van der Waals surface area contributed by atoms with E-state index in [1.54, 1.807) is 24.4 Å². The number of rotatable bonds is 12. The standard InChI is InChI=1S/C43H41F3N8O7S/c44-28-11-12-53(24-28)62(59,60)50-35-8-7-34(45)38(39(35)46)40(56)33-22-48-41-32(33)20-26(21-47-41)25-1-3-29(4-2-25)52-15-13-51(14-16-52)17-18-61-30-5-6-31-27(19-30)23-54(43(31)58)36-9-10-37(55)49-42(36)57/h1-8,19-22,28,36,50H,9-18,23-24H2,(H,47,48)(H,49,55,57)/t28-,36?/m1/s1. The largest absolute Gasteiger partial charge is 0.492 e. The Morgan fingerprint density at radius 2 is 1.73 bits per heavy atom. The Hall–Kier alpha value is -6.31. The van der Waals surface area contributed by atoms with Crippen molar-refractivity contribution in [3.63, 3.8) is 0 Å². The average Bonchev–Trinajstić information content (AvgIpc) is 3.99. The molecule has 4 aliphatic rings. The number of carbonyl (C=O) groups is 4. The van der Waals surface area contributed by atoms with Crippen LogP contribution in [0.2, 0.25) is 0 Å². The second-order valence-corrected chi connectivity index (χ2v) is 17.4. The fraction of sp³-hybridized carbons (Fsp3) is 0.326. The number of pyridine rings is 1. The normalized spacial score (nSPS) is 19.9. The summed E-state index contributed by atoms with van der Waals surface area (Å²) in [6.07, 6.45) is 2.07. The van der Waals surface area contributed by atoms with Gasteiger partial charge in [-0.05, 0) is 72.5 Å². The third kappa shape index (κ3) is 7.98. The molecule has 0 spiro atoms. The van der Waals surface area contributed by atoms with Gasteiger partial charge in [0.25, 0.3) is 5.91 Å². The summed E-state index contributed by atoms with van der Waals surface area (Å²) in [5, 5.41) is 2.63. The second kappa shape index (κ2) is 16.5. The molecule has 5 aromatic rings. The van der Waals surface area contributed by atoms with Crippen LogP contribution in [0, 0.1) is 11.6 Å². The van der Waals surface area contributed by atoms with Crippen LogP contribution in [-0.4, -0.2) is 121 Å². The number of imide groups is 1. The summed E-state index contributed by atoms with van der Waals surface area (Å²) in [5.74, 6) is -3.95. The highest BCUT2D eigenvalue weighted by molar-refractivity contribution is 7.90. The van der Waals surface area contributed by atoms with Gasteiger partial charge in [-0.1, -0.05) is 12.1 Å². The van der Waals surface area contributed by atoms with E-state index < -0.39 is 63.5 Å². The lowest BCUT2D eigenvalue weighted by molar-refractivity contribution is -0.136. The number of piperazine rings is 1. The van der Waals surface area contributed by atoms with E-state index in [9.17, 15) is 32.0 Å². The minimum atomic E-state index is -4.36. The van der Waals surface area contributed by atoms with Gasteiger partial charge in [-0.2, -0.15) is 12.7 Å². The number of benzene rings is 3. The maximum atomic E-state index is 15.7. The van der Waals surface area contributed by atoms with Gasteiger partial charge in [0, 0.05) is 98.9 Å². The molecule has 9 rings (SSSR count). The predicted molar refractivity (Wildman–Crippen MR) is 222 cm³/mol. The monoisotopic (exact) mass is 870 g/mol. The molecule has 1 unspecified atom stereocenters. The van der Waals surface area contributed by atoms with Crippen LogP contribution in [0.15, 0.2) is 73.1 Å². The molecule has 15 nitrogen and oxygen atoms in total. The molecular weight excluding hydrogens is 830 g/mol. The van der Waals surface area contributed by atoms with Gasteiger partial charge in [0.1, 0.15) is 36.0 Å². The summed E-state index contributed by atoms with van der Waals surface area (Å²) in [6.45, 7) is 4.12. The maximum Gasteiger partial charge on any atom is 0.301 e. The van der Waals surface area contributed by atoms with E-state index >= 15 is 8.78 Å². The number of hydrogen-bond donors (Lipinski definition) is 3. The van der Waals surface area contributed by atoms with E-state index in [-0.39, 0.29) is 43.3 Å². The highest BCUT2D eigenvalue weighted by Crippen LogP contribution is 2.33. The maximum absolute atomic E-state index is 15.7. The number of piperidine rings is 1. The highest BCUT2D eigenvalue weighted by Gasteiger charge is 2.39. The lowest BCUT2D eigenvalue weighted by atomic mass is 9.99. The summed E-state index contributed by atoms with van der Waals surface area (Å²) >= 11 is 0. The number of anilines is 2. The number of nitrogens with zero attached hydrogens (tertiary/aromatic N) is 5. The van der Waals surface area contributed by atoms with Gasteiger partial charge in [-0.3, -0.25) is 34.1 Å². The lowest BCUT2D eigenvalue weighted by Crippen LogP contribution is -2.52. The van der Waals surface area contributed by atoms with Crippen LogP contribution in [0.3, 0.4) is 0 Å². The number of hydrogen-bond acceptors (Lipinski definition) is 10. The summed E-state index contributed by atoms with van der Waals surface area (Å²) in [6, 6.07) is 15.9. The number of aromatic nitrogens is 2. The van der Waals surface area contributed by atoms with Crippen LogP contribution in [0.1, 0.15) is 51.1 Å². The molecule has 3 aromatic carbocycles. The van der Waals surface area contributed by atoms with Gasteiger partial charge in [0.2, 0.25) is 17.6 Å². The number of H-pyrrole nitrogens is 1. The third-order valence-electron chi connectivity index (χ3n) is 11.9. The van der Waals surface area contributed by atoms with E-state index in [1.807, 2.05) is 35.1 Å². The first-order valence-electron chi connectivity index (χ1n) is 20.2. The van der Waals surface area contributed by atoms with Gasteiger partial charge in [0.15, 0.2) is 5.82 Å². The van der Waals surface area contributed by atoms with Crippen LogP contribution < -0.4 is 19.7 Å². The van der Waals surface area contributed by atoms with E-state index in [4.69, 9.17) is 4.74 Å². The van der Waals surface area contributed by atoms with E-state index in [2.05, 4.69) is 25.1 Å². The lowest BCUT2D eigenvalue weighted by Gasteiger charge is -2.36. The molecule has 19 heteroatoms.